The summed E-state index contributed by atoms with van der Waals surface area (Å²) in [5.74, 6) is -0.146. The number of nitrogen functional groups attached to an aromatic ring is 1. The Morgan fingerprint density at radius 1 is 1.40 bits per heavy atom. The molecule has 0 saturated heterocycles. The van der Waals surface area contributed by atoms with Crippen molar-refractivity contribution in [2.75, 3.05) is 25.5 Å². The first-order valence-electron chi connectivity index (χ1n) is 6.56. The van der Waals surface area contributed by atoms with Gasteiger partial charge in [0.2, 0.25) is 0 Å². The standard InChI is InChI=1S/C15H19N3O2/c1-2-3-7-20-8-6-17-15(19)14-10-11-9-12(16)4-5-13(11)18-14/h2,4-5,9-10,18H,1,3,6-8,16H2,(H,17,19). The maximum Gasteiger partial charge on any atom is 0.267 e. The fourth-order valence-electron chi connectivity index (χ4n) is 1.87. The molecular formula is C15H19N3O2. The van der Waals surface area contributed by atoms with Crippen LogP contribution in [0.4, 0.5) is 5.69 Å². The number of anilines is 1. The van der Waals surface area contributed by atoms with Gasteiger partial charge in [0.1, 0.15) is 5.69 Å². The van der Waals surface area contributed by atoms with Crippen LogP contribution in [0.5, 0.6) is 0 Å². The third-order valence-corrected chi connectivity index (χ3v) is 2.89. The zero-order valence-electron chi connectivity index (χ0n) is 11.3. The average molecular weight is 273 g/mol. The van der Waals surface area contributed by atoms with Gasteiger partial charge in [-0.3, -0.25) is 4.79 Å². The number of amides is 1. The van der Waals surface area contributed by atoms with Gasteiger partial charge < -0.3 is 20.8 Å². The first kappa shape index (κ1) is 14.1. The van der Waals surface area contributed by atoms with E-state index in [9.17, 15) is 4.79 Å². The molecule has 106 valence electrons. The molecule has 0 aliphatic carbocycles. The van der Waals surface area contributed by atoms with Crippen molar-refractivity contribution in [2.45, 2.75) is 6.42 Å². The minimum absolute atomic E-state index is 0.146. The number of ether oxygens (including phenoxy) is 1. The van der Waals surface area contributed by atoms with E-state index in [0.29, 0.717) is 31.1 Å². The van der Waals surface area contributed by atoms with E-state index >= 15 is 0 Å². The highest BCUT2D eigenvalue weighted by molar-refractivity contribution is 5.98. The number of hydrogen-bond acceptors (Lipinski definition) is 3. The molecule has 2 rings (SSSR count). The molecule has 2 aromatic rings. The van der Waals surface area contributed by atoms with Crippen LogP contribution in [0.1, 0.15) is 16.9 Å². The number of H-pyrrole nitrogens is 1. The third-order valence-electron chi connectivity index (χ3n) is 2.89. The molecule has 0 bridgehead atoms. The average Bonchev–Trinajstić information content (AvgIpc) is 2.85. The second-order valence-corrected chi connectivity index (χ2v) is 4.48. The zero-order valence-corrected chi connectivity index (χ0v) is 11.3. The maximum atomic E-state index is 11.9. The van der Waals surface area contributed by atoms with Crippen molar-refractivity contribution in [3.8, 4) is 0 Å². The summed E-state index contributed by atoms with van der Waals surface area (Å²) in [7, 11) is 0. The van der Waals surface area contributed by atoms with Crippen molar-refractivity contribution < 1.29 is 9.53 Å². The molecule has 20 heavy (non-hydrogen) atoms. The number of nitrogens with two attached hydrogens (primary N) is 1. The summed E-state index contributed by atoms with van der Waals surface area (Å²) in [5, 5.41) is 3.73. The van der Waals surface area contributed by atoms with Crippen LogP contribution in [0.25, 0.3) is 10.9 Å². The van der Waals surface area contributed by atoms with E-state index in [1.807, 2.05) is 12.1 Å². The molecular weight excluding hydrogens is 254 g/mol. The van der Waals surface area contributed by atoms with Crippen LogP contribution >= 0.6 is 0 Å². The summed E-state index contributed by atoms with van der Waals surface area (Å²) < 4.78 is 5.32. The lowest BCUT2D eigenvalue weighted by Crippen LogP contribution is -2.27. The number of aromatic nitrogens is 1. The molecule has 5 heteroatoms. The van der Waals surface area contributed by atoms with Gasteiger partial charge in [-0.05, 0) is 30.7 Å². The van der Waals surface area contributed by atoms with E-state index in [2.05, 4.69) is 16.9 Å². The van der Waals surface area contributed by atoms with E-state index in [4.69, 9.17) is 10.5 Å². The molecule has 0 atom stereocenters. The second-order valence-electron chi connectivity index (χ2n) is 4.48. The van der Waals surface area contributed by atoms with Gasteiger partial charge in [-0.15, -0.1) is 6.58 Å². The molecule has 5 nitrogen and oxygen atoms in total. The van der Waals surface area contributed by atoms with Gasteiger partial charge in [-0.1, -0.05) is 6.08 Å². The van der Waals surface area contributed by atoms with Crippen LogP contribution in [0, 0.1) is 0 Å². The minimum Gasteiger partial charge on any atom is -0.399 e. The van der Waals surface area contributed by atoms with Crippen molar-refractivity contribution in [3.05, 3.63) is 42.6 Å². The Balaban J connectivity index is 1.86. The maximum absolute atomic E-state index is 11.9. The van der Waals surface area contributed by atoms with Gasteiger partial charge in [0.05, 0.1) is 13.2 Å². The molecule has 0 fully saturated rings. The topological polar surface area (TPSA) is 80.1 Å². The van der Waals surface area contributed by atoms with Gasteiger partial charge in [-0.25, -0.2) is 0 Å². The van der Waals surface area contributed by atoms with Crippen molar-refractivity contribution in [2.24, 2.45) is 0 Å². The Bertz CT molecular complexity index is 604. The first-order chi connectivity index (χ1) is 9.70. The van der Waals surface area contributed by atoms with Gasteiger partial charge in [0.15, 0.2) is 0 Å². The van der Waals surface area contributed by atoms with Crippen molar-refractivity contribution in [1.29, 1.82) is 0 Å². The van der Waals surface area contributed by atoms with Crippen LogP contribution in [-0.2, 0) is 4.74 Å². The normalized spacial score (nSPS) is 10.6. The Labute approximate surface area is 117 Å². The number of aromatic amines is 1. The Morgan fingerprint density at radius 3 is 3.05 bits per heavy atom. The van der Waals surface area contributed by atoms with Crippen LogP contribution in [0.3, 0.4) is 0 Å². The number of hydrogen-bond donors (Lipinski definition) is 3. The molecule has 1 amide bonds. The van der Waals surface area contributed by atoms with Crippen LogP contribution in [0.2, 0.25) is 0 Å². The highest BCUT2D eigenvalue weighted by Crippen LogP contribution is 2.18. The quantitative estimate of drug-likeness (QED) is 0.410. The van der Waals surface area contributed by atoms with Crippen LogP contribution in [0.15, 0.2) is 36.9 Å². The Kier molecular flexibility index (Phi) is 4.79. The molecule has 0 aliphatic heterocycles. The molecule has 0 aliphatic rings. The molecule has 0 radical (unpaired) electrons. The summed E-state index contributed by atoms with van der Waals surface area (Å²) in [6.07, 6.45) is 2.62. The predicted molar refractivity (Wildman–Crippen MR) is 80.7 cm³/mol. The van der Waals surface area contributed by atoms with E-state index in [-0.39, 0.29) is 5.91 Å². The third kappa shape index (κ3) is 3.61. The lowest BCUT2D eigenvalue weighted by molar-refractivity contribution is 0.0914. The van der Waals surface area contributed by atoms with E-state index in [1.165, 1.54) is 0 Å². The van der Waals surface area contributed by atoms with Gasteiger partial charge in [0, 0.05) is 23.1 Å². The molecule has 4 N–H and O–H groups in total. The molecule has 0 unspecified atom stereocenters. The number of carbonyl (C=O) groups is 1. The smallest absolute Gasteiger partial charge is 0.267 e. The lowest BCUT2D eigenvalue weighted by atomic mass is 10.2. The fourth-order valence-corrected chi connectivity index (χ4v) is 1.87. The van der Waals surface area contributed by atoms with E-state index < -0.39 is 0 Å². The Morgan fingerprint density at radius 2 is 2.25 bits per heavy atom. The highest BCUT2D eigenvalue weighted by atomic mass is 16.5. The van der Waals surface area contributed by atoms with Crippen molar-refractivity contribution >= 4 is 22.5 Å². The number of carbonyl (C=O) groups excluding carboxylic acids is 1. The van der Waals surface area contributed by atoms with Gasteiger partial charge >= 0.3 is 0 Å². The molecule has 1 aromatic carbocycles. The summed E-state index contributed by atoms with van der Waals surface area (Å²) in [6, 6.07) is 7.29. The van der Waals surface area contributed by atoms with Crippen LogP contribution < -0.4 is 11.1 Å². The lowest BCUT2D eigenvalue weighted by Gasteiger charge is -2.04. The fraction of sp³-hybridized carbons (Fsp3) is 0.267. The summed E-state index contributed by atoms with van der Waals surface area (Å²) in [4.78, 5) is 15.0. The van der Waals surface area contributed by atoms with E-state index in [1.54, 1.807) is 18.2 Å². The predicted octanol–water partition coefficient (Wildman–Crippen LogP) is 2.07. The summed E-state index contributed by atoms with van der Waals surface area (Å²) >= 11 is 0. The Hall–Kier alpha value is -2.27. The summed E-state index contributed by atoms with van der Waals surface area (Å²) in [6.45, 7) is 5.21. The monoisotopic (exact) mass is 273 g/mol. The van der Waals surface area contributed by atoms with Gasteiger partial charge in [0.25, 0.3) is 5.91 Å². The number of rotatable bonds is 7. The SMILES string of the molecule is C=CCCOCCNC(=O)c1cc2cc(N)ccc2[nH]1. The highest BCUT2D eigenvalue weighted by Gasteiger charge is 2.08. The van der Waals surface area contributed by atoms with Crippen molar-refractivity contribution in [1.82, 2.24) is 10.3 Å². The molecule has 1 heterocycles. The number of benzene rings is 1. The summed E-state index contributed by atoms with van der Waals surface area (Å²) in [5.41, 5.74) is 7.81. The second kappa shape index (κ2) is 6.77. The molecule has 0 saturated carbocycles. The minimum atomic E-state index is -0.146. The zero-order chi connectivity index (χ0) is 14.4. The largest absolute Gasteiger partial charge is 0.399 e. The van der Waals surface area contributed by atoms with Crippen LogP contribution in [-0.4, -0.2) is 30.6 Å². The van der Waals surface area contributed by atoms with E-state index in [0.717, 1.165) is 17.3 Å². The first-order valence-corrected chi connectivity index (χ1v) is 6.56. The number of fused-ring (bicyclic) bond motifs is 1. The molecule has 1 aromatic heterocycles. The number of nitrogens with one attached hydrogen (secondary N) is 2. The molecule has 0 spiro atoms. The van der Waals surface area contributed by atoms with Crippen molar-refractivity contribution in [3.63, 3.8) is 0 Å². The van der Waals surface area contributed by atoms with Gasteiger partial charge in [-0.2, -0.15) is 0 Å².